The minimum atomic E-state index is -0.707. The number of likely N-dealkylation sites (tertiary alicyclic amines) is 2. The SMILES string of the molecule is CCOc1cc(CN2CC3(CC(N4CCC(C)(C(=O)O)CC4)=NO3)C2)ccc1OCc1ccccc1. The van der Waals surface area contributed by atoms with E-state index in [-0.39, 0.29) is 5.60 Å². The molecule has 3 aliphatic rings. The van der Waals surface area contributed by atoms with Gasteiger partial charge in [-0.05, 0) is 49.9 Å². The van der Waals surface area contributed by atoms with Crippen molar-refractivity contribution in [3.63, 3.8) is 0 Å². The van der Waals surface area contributed by atoms with E-state index >= 15 is 0 Å². The van der Waals surface area contributed by atoms with Gasteiger partial charge in [-0.1, -0.05) is 41.6 Å². The summed E-state index contributed by atoms with van der Waals surface area (Å²) in [4.78, 5) is 22.0. The minimum absolute atomic E-state index is 0.260. The number of carbonyl (C=O) groups is 1. The number of aliphatic carboxylic acids is 1. The van der Waals surface area contributed by atoms with E-state index in [1.807, 2.05) is 50.2 Å². The van der Waals surface area contributed by atoms with Gasteiger partial charge in [0.05, 0.1) is 18.4 Å². The molecule has 0 radical (unpaired) electrons. The lowest BCUT2D eigenvalue weighted by atomic mass is 9.80. The molecule has 2 fully saturated rings. The summed E-state index contributed by atoms with van der Waals surface area (Å²) in [5.74, 6) is 1.77. The number of benzene rings is 2. The molecule has 1 spiro atoms. The molecule has 0 atom stereocenters. The monoisotopic (exact) mass is 493 g/mol. The van der Waals surface area contributed by atoms with Crippen LogP contribution in [0.15, 0.2) is 53.7 Å². The quantitative estimate of drug-likeness (QED) is 0.592. The number of amidine groups is 1. The first-order valence-corrected chi connectivity index (χ1v) is 12.8. The zero-order valence-corrected chi connectivity index (χ0v) is 21.1. The molecule has 192 valence electrons. The smallest absolute Gasteiger partial charge is 0.309 e. The van der Waals surface area contributed by atoms with Crippen molar-refractivity contribution in [2.24, 2.45) is 10.6 Å². The number of nitrogens with zero attached hydrogens (tertiary/aromatic N) is 3. The third-order valence-electron chi connectivity index (χ3n) is 7.55. The number of oxime groups is 1. The average molecular weight is 494 g/mol. The topological polar surface area (TPSA) is 83.8 Å². The first kappa shape index (κ1) is 24.4. The highest BCUT2D eigenvalue weighted by atomic mass is 16.7. The molecule has 0 saturated carbocycles. The number of ether oxygens (including phenoxy) is 2. The predicted molar refractivity (Wildman–Crippen MR) is 136 cm³/mol. The van der Waals surface area contributed by atoms with Gasteiger partial charge in [-0.25, -0.2) is 0 Å². The first-order valence-electron chi connectivity index (χ1n) is 12.8. The van der Waals surface area contributed by atoms with Crippen LogP contribution in [0.2, 0.25) is 0 Å². The highest BCUT2D eigenvalue weighted by Crippen LogP contribution is 2.38. The van der Waals surface area contributed by atoms with Gasteiger partial charge in [-0.3, -0.25) is 9.69 Å². The van der Waals surface area contributed by atoms with Crippen LogP contribution in [0.4, 0.5) is 0 Å². The van der Waals surface area contributed by atoms with E-state index in [2.05, 4.69) is 27.1 Å². The summed E-state index contributed by atoms with van der Waals surface area (Å²) >= 11 is 0. The third kappa shape index (κ3) is 5.14. The number of carboxylic acids is 1. The van der Waals surface area contributed by atoms with Crippen molar-refractivity contribution in [3.05, 3.63) is 59.7 Å². The summed E-state index contributed by atoms with van der Waals surface area (Å²) in [6.07, 6.45) is 2.05. The molecule has 0 aliphatic carbocycles. The number of hydrogen-bond acceptors (Lipinski definition) is 7. The largest absolute Gasteiger partial charge is 0.490 e. The highest BCUT2D eigenvalue weighted by molar-refractivity contribution is 5.85. The van der Waals surface area contributed by atoms with Gasteiger partial charge in [0.15, 0.2) is 17.1 Å². The third-order valence-corrected chi connectivity index (χ3v) is 7.55. The molecule has 5 rings (SSSR count). The molecular weight excluding hydrogens is 458 g/mol. The van der Waals surface area contributed by atoms with E-state index in [0.29, 0.717) is 39.1 Å². The van der Waals surface area contributed by atoms with E-state index in [9.17, 15) is 9.90 Å². The van der Waals surface area contributed by atoms with Crippen LogP contribution >= 0.6 is 0 Å². The highest BCUT2D eigenvalue weighted by Gasteiger charge is 2.51. The van der Waals surface area contributed by atoms with Gasteiger partial charge in [0.1, 0.15) is 12.4 Å². The molecule has 0 aromatic heterocycles. The van der Waals surface area contributed by atoms with Crippen LogP contribution in [0.3, 0.4) is 0 Å². The van der Waals surface area contributed by atoms with Crippen molar-refractivity contribution >= 4 is 11.8 Å². The molecule has 2 aromatic rings. The van der Waals surface area contributed by atoms with Crippen LogP contribution in [0.1, 0.15) is 44.2 Å². The van der Waals surface area contributed by atoms with E-state index in [1.54, 1.807) is 0 Å². The van der Waals surface area contributed by atoms with Gasteiger partial charge in [0, 0.05) is 32.7 Å². The molecule has 36 heavy (non-hydrogen) atoms. The molecule has 0 unspecified atom stereocenters. The number of hydrogen-bond donors (Lipinski definition) is 1. The maximum atomic E-state index is 11.5. The van der Waals surface area contributed by atoms with Crippen LogP contribution in [-0.4, -0.2) is 65.1 Å². The fraction of sp³-hybridized carbons (Fsp3) is 0.500. The van der Waals surface area contributed by atoms with Crippen molar-refractivity contribution in [1.29, 1.82) is 0 Å². The lowest BCUT2D eigenvalue weighted by Gasteiger charge is -2.45. The van der Waals surface area contributed by atoms with Crippen LogP contribution in [0.5, 0.6) is 11.5 Å². The number of rotatable bonds is 8. The second kappa shape index (κ2) is 10.0. The van der Waals surface area contributed by atoms with Crippen LogP contribution in [0.25, 0.3) is 0 Å². The minimum Gasteiger partial charge on any atom is -0.490 e. The van der Waals surface area contributed by atoms with Gasteiger partial charge in [0.2, 0.25) is 0 Å². The Bertz CT molecular complexity index is 1110. The van der Waals surface area contributed by atoms with Crippen LogP contribution in [-0.2, 0) is 22.8 Å². The summed E-state index contributed by atoms with van der Waals surface area (Å²) in [5, 5.41) is 13.9. The maximum Gasteiger partial charge on any atom is 0.309 e. The van der Waals surface area contributed by atoms with Crippen molar-refractivity contribution < 1.29 is 24.2 Å². The zero-order valence-electron chi connectivity index (χ0n) is 21.1. The molecule has 3 heterocycles. The lowest BCUT2D eigenvalue weighted by Crippen LogP contribution is -2.61. The van der Waals surface area contributed by atoms with E-state index < -0.39 is 11.4 Å². The molecule has 0 bridgehead atoms. The molecule has 3 aliphatic heterocycles. The van der Waals surface area contributed by atoms with Gasteiger partial charge in [0.25, 0.3) is 0 Å². The Labute approximate surface area is 212 Å². The number of piperidine rings is 1. The van der Waals surface area contributed by atoms with Crippen LogP contribution < -0.4 is 9.47 Å². The summed E-state index contributed by atoms with van der Waals surface area (Å²) in [7, 11) is 0. The zero-order chi connectivity index (χ0) is 25.2. The summed E-state index contributed by atoms with van der Waals surface area (Å²) in [6, 6.07) is 16.3. The van der Waals surface area contributed by atoms with Crippen molar-refractivity contribution in [3.8, 4) is 11.5 Å². The Morgan fingerprint density at radius 1 is 1.06 bits per heavy atom. The normalized spacial score (nSPS) is 20.4. The Kier molecular flexibility index (Phi) is 6.79. The van der Waals surface area contributed by atoms with Crippen molar-refractivity contribution in [2.75, 3.05) is 32.8 Å². The fourth-order valence-corrected chi connectivity index (χ4v) is 5.23. The van der Waals surface area contributed by atoms with E-state index in [0.717, 1.165) is 49.0 Å². The Balaban J connectivity index is 1.12. The molecule has 2 aromatic carbocycles. The first-order chi connectivity index (χ1) is 17.4. The van der Waals surface area contributed by atoms with Gasteiger partial charge in [-0.2, -0.15) is 0 Å². The Morgan fingerprint density at radius 3 is 2.50 bits per heavy atom. The van der Waals surface area contributed by atoms with E-state index in [4.69, 9.17) is 14.3 Å². The Morgan fingerprint density at radius 2 is 1.81 bits per heavy atom. The van der Waals surface area contributed by atoms with Gasteiger partial charge in [-0.15, -0.1) is 0 Å². The molecule has 1 N–H and O–H groups in total. The molecule has 8 heteroatoms. The van der Waals surface area contributed by atoms with Crippen molar-refractivity contribution in [1.82, 2.24) is 9.80 Å². The second-order valence-corrected chi connectivity index (χ2v) is 10.4. The Hall–Kier alpha value is -3.26. The molecule has 2 saturated heterocycles. The van der Waals surface area contributed by atoms with Crippen molar-refractivity contribution in [2.45, 2.75) is 51.9 Å². The number of carboxylic acid groups (broad SMARTS) is 1. The lowest BCUT2D eigenvalue weighted by molar-refractivity contribution is -0.150. The maximum absolute atomic E-state index is 11.5. The summed E-state index contributed by atoms with van der Waals surface area (Å²) in [5.41, 5.74) is 1.39. The van der Waals surface area contributed by atoms with E-state index in [1.165, 1.54) is 5.56 Å². The predicted octanol–water partition coefficient (Wildman–Crippen LogP) is 4.14. The summed E-state index contributed by atoms with van der Waals surface area (Å²) in [6.45, 7) is 8.76. The molecule has 0 amide bonds. The molecule has 8 nitrogen and oxygen atoms in total. The standard InChI is InChI=1S/C28H35N3O5/c1-3-34-24-15-22(9-10-23(24)35-18-21-7-5-4-6-8-21)17-30-19-28(20-30)16-25(29-36-28)31-13-11-27(2,12-14-31)26(32)33/h4-10,15H,3,11-14,16-20H2,1-2H3,(H,32,33). The molecular formula is C28H35N3O5. The fourth-order valence-electron chi connectivity index (χ4n) is 5.23. The second-order valence-electron chi connectivity index (χ2n) is 10.4. The average Bonchev–Trinajstić information content (AvgIpc) is 3.30. The van der Waals surface area contributed by atoms with Crippen LogP contribution in [0, 0.1) is 5.41 Å². The van der Waals surface area contributed by atoms with Gasteiger partial charge >= 0.3 is 5.97 Å². The summed E-state index contributed by atoms with van der Waals surface area (Å²) < 4.78 is 11.9. The van der Waals surface area contributed by atoms with Gasteiger partial charge < -0.3 is 24.3 Å².